The number of carbonyl (C=O) groups is 1. The molecule has 3 N–H and O–H groups in total. The molecule has 202 valence electrons. The lowest BCUT2D eigenvalue weighted by molar-refractivity contribution is -0.138. The lowest BCUT2D eigenvalue weighted by atomic mass is 10.0. The number of fused-ring (bicyclic) bond motifs is 1. The third-order valence-electron chi connectivity index (χ3n) is 7.57. The van der Waals surface area contributed by atoms with E-state index < -0.39 is 5.97 Å². The normalized spacial score (nSPS) is 18.6. The summed E-state index contributed by atoms with van der Waals surface area (Å²) >= 11 is 0. The van der Waals surface area contributed by atoms with E-state index in [1.807, 2.05) is 24.3 Å². The van der Waals surface area contributed by atoms with Crippen molar-refractivity contribution in [2.45, 2.75) is 38.9 Å². The number of aromatic nitrogens is 1. The fourth-order valence-corrected chi connectivity index (χ4v) is 5.18. The third-order valence-corrected chi connectivity index (χ3v) is 7.57. The summed E-state index contributed by atoms with van der Waals surface area (Å²) < 4.78 is 18.5. The summed E-state index contributed by atoms with van der Waals surface area (Å²) in [6, 6.07) is 15.1. The molecule has 0 saturated heterocycles. The van der Waals surface area contributed by atoms with Gasteiger partial charge < -0.3 is 29.5 Å². The Morgan fingerprint density at radius 3 is 2.63 bits per heavy atom. The van der Waals surface area contributed by atoms with E-state index >= 15 is 0 Å². The summed E-state index contributed by atoms with van der Waals surface area (Å²) in [5.74, 6) is 1.18. The van der Waals surface area contributed by atoms with Crippen molar-refractivity contribution in [3.05, 3.63) is 65.2 Å². The average molecular weight is 523 g/mol. The molecule has 38 heavy (non-hydrogen) atoms. The lowest BCUT2D eigenvalue weighted by Gasteiger charge is -2.30. The summed E-state index contributed by atoms with van der Waals surface area (Å²) in [6.07, 6.45) is 1.61. The van der Waals surface area contributed by atoms with Crippen LogP contribution in [0.15, 0.2) is 48.5 Å². The summed E-state index contributed by atoms with van der Waals surface area (Å²) in [5.41, 5.74) is 3.43. The first-order chi connectivity index (χ1) is 18.3. The van der Waals surface area contributed by atoms with E-state index in [2.05, 4.69) is 24.0 Å². The first-order valence-electron chi connectivity index (χ1n) is 12.9. The average Bonchev–Trinajstić information content (AvgIpc) is 3.41. The molecule has 0 bridgehead atoms. The van der Waals surface area contributed by atoms with Gasteiger partial charge in [0.15, 0.2) is 23.3 Å². The summed E-state index contributed by atoms with van der Waals surface area (Å²) in [4.78, 5) is 13.8. The second kappa shape index (κ2) is 10.9. The van der Waals surface area contributed by atoms with Crippen molar-refractivity contribution < 1.29 is 34.3 Å². The van der Waals surface area contributed by atoms with Crippen molar-refractivity contribution in [3.8, 4) is 29.0 Å². The fraction of sp³-hybridized carbons (Fsp3) is 0.414. The topological polar surface area (TPSA) is 114 Å². The molecule has 1 fully saturated rings. The number of aliphatic carboxylic acids is 1. The van der Waals surface area contributed by atoms with E-state index in [1.165, 1.54) is 27.8 Å². The Labute approximate surface area is 221 Å². The summed E-state index contributed by atoms with van der Waals surface area (Å²) in [5, 5.41) is 29.1. The van der Waals surface area contributed by atoms with Crippen LogP contribution in [-0.2, 0) is 24.3 Å². The van der Waals surface area contributed by atoms with Gasteiger partial charge in [0.25, 0.3) is 0 Å². The van der Waals surface area contributed by atoms with Crippen LogP contribution in [0, 0.1) is 11.8 Å². The Morgan fingerprint density at radius 2 is 1.92 bits per heavy atom. The molecule has 0 spiro atoms. The number of hydrogen-bond acceptors (Lipinski definition) is 7. The third kappa shape index (κ3) is 5.52. The highest BCUT2D eigenvalue weighted by Crippen LogP contribution is 2.41. The number of rotatable bonds is 12. The summed E-state index contributed by atoms with van der Waals surface area (Å²) in [7, 11) is 1.59. The molecule has 1 aliphatic heterocycles. The molecule has 3 aromatic rings. The Bertz CT molecular complexity index is 1280. The van der Waals surface area contributed by atoms with Crippen LogP contribution >= 0.6 is 0 Å². The second-order valence-corrected chi connectivity index (χ2v) is 10.0. The Kier molecular flexibility index (Phi) is 7.37. The highest BCUT2D eigenvalue weighted by molar-refractivity contribution is 5.73. The van der Waals surface area contributed by atoms with Gasteiger partial charge in [-0.3, -0.25) is 14.3 Å². The molecule has 1 aliphatic carbocycles. The minimum Gasteiger partial charge on any atom is -0.494 e. The molecule has 1 saturated carbocycles. The Morgan fingerprint density at radius 1 is 1.13 bits per heavy atom. The van der Waals surface area contributed by atoms with Gasteiger partial charge in [-0.25, -0.2) is 0 Å². The molecule has 0 amide bonds. The highest BCUT2D eigenvalue weighted by atomic mass is 16.5. The molecule has 1 aromatic heterocycles. The Balaban J connectivity index is 1.30. The van der Waals surface area contributed by atoms with Crippen LogP contribution in [0.25, 0.3) is 0 Å². The second-order valence-electron chi connectivity index (χ2n) is 10.0. The van der Waals surface area contributed by atoms with Gasteiger partial charge in [0, 0.05) is 37.7 Å². The molecule has 1 unspecified atom stereocenters. The smallest absolute Gasteiger partial charge is 0.306 e. The molecule has 3 atom stereocenters. The van der Waals surface area contributed by atoms with Crippen LogP contribution in [0.2, 0.25) is 0 Å². The Hall–Kier alpha value is -3.85. The SMILES string of the molecule is COc1cc(CN(C[C@@H]2C[C@H]2C(=O)O)C(C)c2ccc3c(c2)CCO3)ccc1OCCn1c(O)ccc1O. The zero-order chi connectivity index (χ0) is 26.8. The predicted molar refractivity (Wildman–Crippen MR) is 140 cm³/mol. The van der Waals surface area contributed by atoms with Gasteiger partial charge in [0.05, 0.1) is 26.2 Å². The van der Waals surface area contributed by atoms with E-state index in [1.54, 1.807) is 7.11 Å². The molecular formula is C29H34N2O7. The maximum Gasteiger partial charge on any atom is 0.306 e. The number of carboxylic acids is 1. The molecule has 2 heterocycles. The van der Waals surface area contributed by atoms with E-state index in [0.29, 0.717) is 37.6 Å². The number of nitrogens with zero attached hydrogens (tertiary/aromatic N) is 2. The maximum absolute atomic E-state index is 11.5. The number of methoxy groups -OCH3 is 1. The van der Waals surface area contributed by atoms with E-state index in [0.717, 1.165) is 17.7 Å². The van der Waals surface area contributed by atoms with Crippen molar-refractivity contribution in [1.82, 2.24) is 9.47 Å². The zero-order valence-electron chi connectivity index (χ0n) is 21.7. The molecule has 2 aliphatic rings. The van der Waals surface area contributed by atoms with Gasteiger partial charge in [0.1, 0.15) is 12.4 Å². The largest absolute Gasteiger partial charge is 0.494 e. The van der Waals surface area contributed by atoms with Gasteiger partial charge >= 0.3 is 5.97 Å². The predicted octanol–water partition coefficient (Wildman–Crippen LogP) is 4.21. The molecule has 2 aromatic carbocycles. The standard InChI is InChI=1S/C29H34N2O7/c1-18(20-4-6-24-21(14-20)9-11-37-24)30(17-22-15-23(22)29(34)35)16-19-3-5-25(26(13-19)36-2)38-12-10-31-27(32)7-8-28(31)33/h3-8,13-14,18,22-23,32-33H,9-12,15-17H2,1-2H3,(H,34,35)/t18?,22-,23+/m0/s1. The monoisotopic (exact) mass is 522 g/mol. The van der Waals surface area contributed by atoms with Gasteiger partial charge in [-0.2, -0.15) is 0 Å². The van der Waals surface area contributed by atoms with E-state index in [9.17, 15) is 20.1 Å². The molecule has 5 rings (SSSR count). The fourth-order valence-electron chi connectivity index (χ4n) is 5.18. The first-order valence-corrected chi connectivity index (χ1v) is 12.9. The van der Waals surface area contributed by atoms with Gasteiger partial charge in [-0.15, -0.1) is 0 Å². The molecule has 9 nitrogen and oxygen atoms in total. The van der Waals surface area contributed by atoms with Crippen molar-refractivity contribution in [3.63, 3.8) is 0 Å². The molecule has 0 radical (unpaired) electrons. The molecular weight excluding hydrogens is 488 g/mol. The van der Waals surface area contributed by atoms with Crippen molar-refractivity contribution in [2.24, 2.45) is 11.8 Å². The quantitative estimate of drug-likeness (QED) is 0.324. The molecule has 9 heteroatoms. The number of ether oxygens (including phenoxy) is 3. The van der Waals surface area contributed by atoms with Gasteiger partial charge in [-0.05, 0) is 54.2 Å². The van der Waals surface area contributed by atoms with Gasteiger partial charge in [0.2, 0.25) is 0 Å². The van der Waals surface area contributed by atoms with Crippen molar-refractivity contribution in [1.29, 1.82) is 0 Å². The van der Waals surface area contributed by atoms with Crippen LogP contribution in [0.5, 0.6) is 29.0 Å². The van der Waals surface area contributed by atoms with Crippen LogP contribution in [-0.4, -0.2) is 57.6 Å². The van der Waals surface area contributed by atoms with Crippen LogP contribution in [0.1, 0.15) is 36.1 Å². The first kappa shape index (κ1) is 25.8. The van der Waals surface area contributed by atoms with E-state index in [-0.39, 0.29) is 42.8 Å². The van der Waals surface area contributed by atoms with Crippen LogP contribution in [0.3, 0.4) is 0 Å². The van der Waals surface area contributed by atoms with Gasteiger partial charge in [-0.1, -0.05) is 18.2 Å². The van der Waals surface area contributed by atoms with Crippen molar-refractivity contribution >= 4 is 5.97 Å². The zero-order valence-corrected chi connectivity index (χ0v) is 21.7. The number of aromatic hydroxyl groups is 2. The summed E-state index contributed by atoms with van der Waals surface area (Å²) in [6.45, 7) is 4.70. The number of hydrogen-bond donors (Lipinski definition) is 3. The number of carboxylic acid groups (broad SMARTS) is 1. The lowest BCUT2D eigenvalue weighted by Crippen LogP contribution is -2.29. The van der Waals surface area contributed by atoms with Crippen LogP contribution < -0.4 is 14.2 Å². The number of benzene rings is 2. The van der Waals surface area contributed by atoms with E-state index in [4.69, 9.17) is 14.2 Å². The minimum atomic E-state index is -0.720. The highest BCUT2D eigenvalue weighted by Gasteiger charge is 2.44. The van der Waals surface area contributed by atoms with Crippen LogP contribution in [0.4, 0.5) is 0 Å². The maximum atomic E-state index is 11.5. The minimum absolute atomic E-state index is 0.0284. The van der Waals surface area contributed by atoms with Crippen molar-refractivity contribution in [2.75, 3.05) is 26.9 Å².